The highest BCUT2D eigenvalue weighted by molar-refractivity contribution is 7.18. The number of carbonyl (C=O) groups excluding carboxylic acids is 2. The first-order valence-electron chi connectivity index (χ1n) is 7.39. The second-order valence-corrected chi connectivity index (χ2v) is 7.51. The number of halogens is 2. The Balaban J connectivity index is 1.88. The van der Waals surface area contributed by atoms with Crippen molar-refractivity contribution < 1.29 is 14.3 Å². The molecule has 0 saturated heterocycles. The molecule has 0 bridgehead atoms. The van der Waals surface area contributed by atoms with Crippen molar-refractivity contribution >= 4 is 51.9 Å². The third kappa shape index (κ3) is 5.51. The minimum atomic E-state index is -0.250. The first kappa shape index (κ1) is 18.8. The van der Waals surface area contributed by atoms with Gasteiger partial charge in [-0.05, 0) is 44.2 Å². The van der Waals surface area contributed by atoms with Crippen LogP contribution < -0.4 is 10.1 Å². The average Bonchev–Trinajstić information content (AvgIpc) is 2.94. The van der Waals surface area contributed by atoms with Gasteiger partial charge >= 0.3 is 0 Å². The summed E-state index contributed by atoms with van der Waals surface area (Å²) in [6.45, 7) is 3.81. The van der Waals surface area contributed by atoms with Gasteiger partial charge in [-0.2, -0.15) is 0 Å². The third-order valence-corrected chi connectivity index (χ3v) is 4.57. The molecule has 0 atom stereocenters. The van der Waals surface area contributed by atoms with Crippen LogP contribution in [-0.4, -0.2) is 17.8 Å². The molecule has 1 amide bonds. The second-order valence-electron chi connectivity index (χ2n) is 5.39. The van der Waals surface area contributed by atoms with Gasteiger partial charge in [0.1, 0.15) is 5.75 Å². The predicted octanol–water partition coefficient (Wildman–Crippen LogP) is 5.44. The van der Waals surface area contributed by atoms with E-state index in [1.54, 1.807) is 30.3 Å². The number of rotatable bonds is 7. The molecule has 0 spiro atoms. The molecular formula is C17H17Cl2NO3S. The Hall–Kier alpha value is -1.56. The van der Waals surface area contributed by atoms with Crippen LogP contribution >= 0.6 is 34.5 Å². The Morgan fingerprint density at radius 1 is 1.17 bits per heavy atom. The summed E-state index contributed by atoms with van der Waals surface area (Å²) in [5.74, 6) is 0.217. The molecule has 1 aromatic heterocycles. The standard InChI is InChI=1S/C17H17Cl2NO3S/c1-10(2)23-14-5-3-11(9-12(14)18)20-17(22)8-4-13(21)15-6-7-16(19)24-15/h3,5-7,9-10H,4,8H2,1-2H3,(H,20,22). The summed E-state index contributed by atoms with van der Waals surface area (Å²) in [4.78, 5) is 24.5. The van der Waals surface area contributed by atoms with Crippen LogP contribution in [0.15, 0.2) is 30.3 Å². The molecule has 0 aliphatic heterocycles. The predicted molar refractivity (Wildman–Crippen MR) is 98.7 cm³/mol. The van der Waals surface area contributed by atoms with Crippen molar-refractivity contribution in [3.8, 4) is 5.75 Å². The number of thiophene rings is 1. The number of hydrogen-bond donors (Lipinski definition) is 1. The Kier molecular flexibility index (Phi) is 6.66. The number of amides is 1. The van der Waals surface area contributed by atoms with E-state index in [4.69, 9.17) is 27.9 Å². The van der Waals surface area contributed by atoms with Crippen LogP contribution in [0.4, 0.5) is 5.69 Å². The molecule has 2 aromatic rings. The van der Waals surface area contributed by atoms with Crippen molar-refractivity contribution in [3.05, 3.63) is 44.6 Å². The normalized spacial score (nSPS) is 10.7. The molecule has 2 rings (SSSR count). The lowest BCUT2D eigenvalue weighted by Gasteiger charge is -2.12. The fraction of sp³-hybridized carbons (Fsp3) is 0.294. The molecule has 128 valence electrons. The van der Waals surface area contributed by atoms with Crippen LogP contribution in [0.1, 0.15) is 36.4 Å². The SMILES string of the molecule is CC(C)Oc1ccc(NC(=O)CCC(=O)c2ccc(Cl)s2)cc1Cl. The van der Waals surface area contributed by atoms with Gasteiger partial charge in [0.2, 0.25) is 5.91 Å². The van der Waals surface area contributed by atoms with Crippen molar-refractivity contribution in [3.63, 3.8) is 0 Å². The summed E-state index contributed by atoms with van der Waals surface area (Å²) in [6, 6.07) is 8.37. The number of benzene rings is 1. The fourth-order valence-corrected chi connectivity index (χ4v) is 3.20. The molecule has 0 unspecified atom stereocenters. The first-order valence-corrected chi connectivity index (χ1v) is 8.97. The maximum atomic E-state index is 12.0. The van der Waals surface area contributed by atoms with Gasteiger partial charge in [0.05, 0.1) is 20.3 Å². The zero-order chi connectivity index (χ0) is 17.7. The molecule has 1 heterocycles. The van der Waals surface area contributed by atoms with Gasteiger partial charge in [0, 0.05) is 18.5 Å². The summed E-state index contributed by atoms with van der Waals surface area (Å²) in [5, 5.41) is 3.14. The molecule has 0 aliphatic carbocycles. The highest BCUT2D eigenvalue weighted by Crippen LogP contribution is 2.28. The molecule has 7 heteroatoms. The van der Waals surface area contributed by atoms with Crippen molar-refractivity contribution in [2.45, 2.75) is 32.8 Å². The van der Waals surface area contributed by atoms with Gasteiger partial charge in [-0.25, -0.2) is 0 Å². The minimum Gasteiger partial charge on any atom is -0.489 e. The average molecular weight is 386 g/mol. The smallest absolute Gasteiger partial charge is 0.224 e. The summed E-state index contributed by atoms with van der Waals surface area (Å²) in [6.07, 6.45) is 0.237. The highest BCUT2D eigenvalue weighted by atomic mass is 35.5. The first-order chi connectivity index (χ1) is 11.3. The number of ketones is 1. The maximum Gasteiger partial charge on any atom is 0.224 e. The fourth-order valence-electron chi connectivity index (χ4n) is 1.97. The zero-order valence-corrected chi connectivity index (χ0v) is 15.6. The molecule has 0 radical (unpaired) electrons. The van der Waals surface area contributed by atoms with E-state index in [0.717, 1.165) is 0 Å². The van der Waals surface area contributed by atoms with E-state index in [1.165, 1.54) is 11.3 Å². The van der Waals surface area contributed by atoms with E-state index in [0.29, 0.717) is 25.7 Å². The van der Waals surface area contributed by atoms with Crippen LogP contribution in [0.25, 0.3) is 0 Å². The monoisotopic (exact) mass is 385 g/mol. The maximum absolute atomic E-state index is 12.0. The van der Waals surface area contributed by atoms with Crippen molar-refractivity contribution in [1.82, 2.24) is 0 Å². The molecule has 0 fully saturated rings. The van der Waals surface area contributed by atoms with Crippen molar-refractivity contribution in [2.75, 3.05) is 5.32 Å². The van der Waals surface area contributed by atoms with Gasteiger partial charge in [-0.1, -0.05) is 23.2 Å². The number of nitrogens with one attached hydrogen (secondary N) is 1. The molecule has 1 aromatic carbocycles. The van der Waals surface area contributed by atoms with Crippen LogP contribution in [0, 0.1) is 0 Å². The van der Waals surface area contributed by atoms with Crippen LogP contribution in [-0.2, 0) is 4.79 Å². The summed E-state index contributed by atoms with van der Waals surface area (Å²) in [5.41, 5.74) is 0.563. The summed E-state index contributed by atoms with van der Waals surface area (Å²) in [7, 11) is 0. The van der Waals surface area contributed by atoms with Gasteiger partial charge in [-0.15, -0.1) is 11.3 Å². The zero-order valence-electron chi connectivity index (χ0n) is 13.3. The molecule has 0 aliphatic rings. The Morgan fingerprint density at radius 3 is 2.50 bits per heavy atom. The van der Waals surface area contributed by atoms with E-state index in [2.05, 4.69) is 5.32 Å². The molecule has 24 heavy (non-hydrogen) atoms. The number of Topliss-reactive ketones (excluding diaryl/α,β-unsaturated/α-hetero) is 1. The lowest BCUT2D eigenvalue weighted by atomic mass is 10.2. The van der Waals surface area contributed by atoms with Crippen LogP contribution in [0.5, 0.6) is 5.75 Å². The number of ether oxygens (including phenoxy) is 1. The van der Waals surface area contributed by atoms with Crippen LogP contribution in [0.3, 0.4) is 0 Å². The topological polar surface area (TPSA) is 55.4 Å². The number of carbonyl (C=O) groups is 2. The Labute approximate surface area is 154 Å². The lowest BCUT2D eigenvalue weighted by molar-refractivity contribution is -0.116. The van der Waals surface area contributed by atoms with Gasteiger partial charge in [0.15, 0.2) is 5.78 Å². The van der Waals surface area contributed by atoms with Gasteiger partial charge < -0.3 is 10.1 Å². The largest absolute Gasteiger partial charge is 0.489 e. The number of anilines is 1. The minimum absolute atomic E-state index is 0.0136. The number of hydrogen-bond acceptors (Lipinski definition) is 4. The van der Waals surface area contributed by atoms with Crippen molar-refractivity contribution in [1.29, 1.82) is 0 Å². The molecule has 4 nitrogen and oxygen atoms in total. The van der Waals surface area contributed by atoms with Crippen molar-refractivity contribution in [2.24, 2.45) is 0 Å². The Morgan fingerprint density at radius 2 is 1.92 bits per heavy atom. The highest BCUT2D eigenvalue weighted by Gasteiger charge is 2.12. The molecular weight excluding hydrogens is 369 g/mol. The molecule has 1 N–H and O–H groups in total. The van der Waals surface area contributed by atoms with E-state index >= 15 is 0 Å². The molecule has 0 saturated carbocycles. The van der Waals surface area contributed by atoms with Gasteiger partial charge in [0.25, 0.3) is 0 Å². The quantitative estimate of drug-likeness (QED) is 0.645. The van der Waals surface area contributed by atoms with Crippen LogP contribution in [0.2, 0.25) is 9.36 Å². The Bertz CT molecular complexity index is 743. The van der Waals surface area contributed by atoms with E-state index in [9.17, 15) is 9.59 Å². The summed E-state index contributed by atoms with van der Waals surface area (Å²) >= 11 is 13.1. The van der Waals surface area contributed by atoms with E-state index < -0.39 is 0 Å². The van der Waals surface area contributed by atoms with E-state index in [1.807, 2.05) is 13.8 Å². The third-order valence-electron chi connectivity index (χ3n) is 3.01. The van der Waals surface area contributed by atoms with E-state index in [-0.39, 0.29) is 30.6 Å². The summed E-state index contributed by atoms with van der Waals surface area (Å²) < 4.78 is 6.09. The van der Waals surface area contributed by atoms with Gasteiger partial charge in [-0.3, -0.25) is 9.59 Å². The second kappa shape index (κ2) is 8.51. The lowest BCUT2D eigenvalue weighted by Crippen LogP contribution is -2.13.